The van der Waals surface area contributed by atoms with E-state index in [0.717, 1.165) is 12.0 Å². The van der Waals surface area contributed by atoms with Crippen LogP contribution in [0.15, 0.2) is 61.1 Å². The lowest BCUT2D eigenvalue weighted by molar-refractivity contribution is 0.375. The second-order valence-electron chi connectivity index (χ2n) is 6.70. The molecule has 0 fully saturated rings. The number of oxazole rings is 1. The van der Waals surface area contributed by atoms with E-state index in [1.165, 1.54) is 22.8 Å². The Balaban J connectivity index is 1.65. The van der Waals surface area contributed by atoms with E-state index in [4.69, 9.17) is 8.94 Å². The molecule has 2 heterocycles. The molecular formula is C20H20N4O5S. The normalized spacial score (nSPS) is 11.8. The lowest BCUT2D eigenvalue weighted by Crippen LogP contribution is -2.15. The first-order chi connectivity index (χ1) is 14.4. The average molecular weight is 428 g/mol. The summed E-state index contributed by atoms with van der Waals surface area (Å²) >= 11 is 0. The zero-order valence-corrected chi connectivity index (χ0v) is 17.3. The molecule has 0 spiro atoms. The molecule has 0 aliphatic heterocycles. The molecular weight excluding hydrogens is 408 g/mol. The van der Waals surface area contributed by atoms with Gasteiger partial charge in [-0.05, 0) is 36.2 Å². The molecule has 156 valence electrons. The third kappa shape index (κ3) is 3.86. The number of nitrogens with one attached hydrogen (secondary N) is 1. The van der Waals surface area contributed by atoms with Crippen LogP contribution in [0, 0.1) is 0 Å². The second-order valence-corrected chi connectivity index (χ2v) is 8.38. The largest absolute Gasteiger partial charge is 0.420 e. The fourth-order valence-corrected chi connectivity index (χ4v) is 4.14. The van der Waals surface area contributed by atoms with Crippen molar-refractivity contribution >= 4 is 26.8 Å². The number of rotatable bonds is 7. The van der Waals surface area contributed by atoms with Gasteiger partial charge in [-0.2, -0.15) is 4.98 Å². The van der Waals surface area contributed by atoms with Crippen LogP contribution in [0.4, 0.5) is 5.69 Å². The first kappa shape index (κ1) is 19.9. The summed E-state index contributed by atoms with van der Waals surface area (Å²) in [4.78, 5) is 16.5. The number of nitrogens with zero attached hydrogens (tertiary/aromatic N) is 3. The predicted octanol–water partition coefficient (Wildman–Crippen LogP) is 2.95. The summed E-state index contributed by atoms with van der Waals surface area (Å²) in [5.74, 6) is 0.175. The Labute approximate surface area is 172 Å². The molecule has 2 aromatic carbocycles. The number of fused-ring (bicyclic) bond motifs is 1. The Morgan fingerprint density at radius 2 is 1.93 bits per heavy atom. The molecule has 0 saturated heterocycles. The Bertz CT molecular complexity index is 1370. The number of aromatic nitrogens is 3. The van der Waals surface area contributed by atoms with Gasteiger partial charge < -0.3 is 8.94 Å². The fourth-order valence-electron chi connectivity index (χ4n) is 3.07. The number of benzene rings is 2. The zero-order chi connectivity index (χ0) is 21.3. The molecule has 0 saturated carbocycles. The van der Waals surface area contributed by atoms with Crippen molar-refractivity contribution in [2.45, 2.75) is 38.1 Å². The minimum absolute atomic E-state index is 0.00867. The van der Waals surface area contributed by atoms with Gasteiger partial charge in [-0.25, -0.2) is 13.2 Å². The summed E-state index contributed by atoms with van der Waals surface area (Å²) in [7, 11) is -3.85. The van der Waals surface area contributed by atoms with Crippen LogP contribution >= 0.6 is 0 Å². The molecule has 0 bridgehead atoms. The highest BCUT2D eigenvalue weighted by molar-refractivity contribution is 7.92. The van der Waals surface area contributed by atoms with Crippen LogP contribution in [0.1, 0.15) is 31.1 Å². The maximum absolute atomic E-state index is 12.8. The number of hydrogen-bond donors (Lipinski definition) is 1. The molecule has 4 aromatic rings. The molecule has 10 heteroatoms. The van der Waals surface area contributed by atoms with Crippen molar-refractivity contribution in [1.29, 1.82) is 0 Å². The standard InChI is InChI=1S/C20H20N4O5S/c1-3-13-6-5-7-14(10-13)23-30(26,27)15-8-9-16-17(11-15)28-20(25)24(16)12-18-21-19(4-2)29-22-18/h5-11,23H,3-4,12H2,1-2H3. The summed E-state index contributed by atoms with van der Waals surface area (Å²) in [5.41, 5.74) is 2.08. The van der Waals surface area contributed by atoms with E-state index < -0.39 is 15.8 Å². The first-order valence-corrected chi connectivity index (χ1v) is 10.9. The van der Waals surface area contributed by atoms with Crippen LogP contribution in [-0.2, 0) is 29.4 Å². The number of sulfonamides is 1. The van der Waals surface area contributed by atoms with E-state index in [1.807, 2.05) is 19.9 Å². The molecule has 9 nitrogen and oxygen atoms in total. The van der Waals surface area contributed by atoms with Crippen LogP contribution in [0.25, 0.3) is 11.1 Å². The van der Waals surface area contributed by atoms with Gasteiger partial charge in [0, 0.05) is 18.2 Å². The third-order valence-electron chi connectivity index (χ3n) is 4.65. The minimum Gasteiger partial charge on any atom is -0.408 e. The maximum atomic E-state index is 12.8. The molecule has 0 aliphatic rings. The van der Waals surface area contributed by atoms with Crippen LogP contribution < -0.4 is 10.5 Å². The van der Waals surface area contributed by atoms with Crippen molar-refractivity contribution in [2.75, 3.05) is 4.72 Å². The molecule has 0 radical (unpaired) electrons. The monoisotopic (exact) mass is 428 g/mol. The van der Waals surface area contributed by atoms with Gasteiger partial charge in [0.2, 0.25) is 5.89 Å². The van der Waals surface area contributed by atoms with Crippen LogP contribution in [0.2, 0.25) is 0 Å². The van der Waals surface area contributed by atoms with Gasteiger partial charge in [0.15, 0.2) is 11.4 Å². The lowest BCUT2D eigenvalue weighted by Gasteiger charge is -2.09. The van der Waals surface area contributed by atoms with Gasteiger partial charge in [-0.15, -0.1) is 0 Å². The Morgan fingerprint density at radius 1 is 1.10 bits per heavy atom. The summed E-state index contributed by atoms with van der Waals surface area (Å²) in [6, 6.07) is 11.5. The summed E-state index contributed by atoms with van der Waals surface area (Å²) in [6.07, 6.45) is 1.38. The van der Waals surface area contributed by atoms with Crippen molar-refractivity contribution in [1.82, 2.24) is 14.7 Å². The lowest BCUT2D eigenvalue weighted by atomic mass is 10.1. The van der Waals surface area contributed by atoms with Gasteiger partial charge >= 0.3 is 5.76 Å². The Hall–Kier alpha value is -3.40. The quantitative estimate of drug-likeness (QED) is 0.480. The van der Waals surface area contributed by atoms with Gasteiger partial charge in [-0.1, -0.05) is 31.1 Å². The molecule has 0 amide bonds. The van der Waals surface area contributed by atoms with E-state index >= 15 is 0 Å². The molecule has 0 atom stereocenters. The highest BCUT2D eigenvalue weighted by atomic mass is 32.2. The SMILES string of the molecule is CCc1cccc(NS(=O)(=O)c2ccc3c(c2)oc(=O)n3Cc2noc(CC)n2)c1. The van der Waals surface area contributed by atoms with Gasteiger partial charge in [0.1, 0.15) is 0 Å². The number of hydrogen-bond acceptors (Lipinski definition) is 7. The van der Waals surface area contributed by atoms with Gasteiger partial charge in [0.25, 0.3) is 10.0 Å². The first-order valence-electron chi connectivity index (χ1n) is 9.46. The Kier molecular flexibility index (Phi) is 5.17. The highest BCUT2D eigenvalue weighted by Crippen LogP contribution is 2.22. The smallest absolute Gasteiger partial charge is 0.408 e. The van der Waals surface area contributed by atoms with Crippen LogP contribution in [0.5, 0.6) is 0 Å². The summed E-state index contributed by atoms with van der Waals surface area (Å²) < 4.78 is 39.8. The second kappa shape index (κ2) is 7.79. The van der Waals surface area contributed by atoms with E-state index in [1.54, 1.807) is 18.2 Å². The fraction of sp³-hybridized carbons (Fsp3) is 0.250. The highest BCUT2D eigenvalue weighted by Gasteiger charge is 2.19. The van der Waals surface area contributed by atoms with E-state index in [0.29, 0.717) is 29.3 Å². The van der Waals surface area contributed by atoms with Crippen molar-refractivity contribution in [3.05, 3.63) is 70.3 Å². The maximum Gasteiger partial charge on any atom is 0.420 e. The molecule has 0 aliphatic carbocycles. The van der Waals surface area contributed by atoms with Crippen molar-refractivity contribution in [3.63, 3.8) is 0 Å². The predicted molar refractivity (Wildman–Crippen MR) is 110 cm³/mol. The molecule has 30 heavy (non-hydrogen) atoms. The molecule has 0 unspecified atom stereocenters. The average Bonchev–Trinajstić information content (AvgIpc) is 3.31. The third-order valence-corrected chi connectivity index (χ3v) is 6.03. The molecule has 1 N–H and O–H groups in total. The summed E-state index contributed by atoms with van der Waals surface area (Å²) in [6.45, 7) is 3.93. The molecule has 2 aromatic heterocycles. The Morgan fingerprint density at radius 3 is 2.67 bits per heavy atom. The minimum atomic E-state index is -3.85. The zero-order valence-electron chi connectivity index (χ0n) is 16.5. The van der Waals surface area contributed by atoms with Gasteiger partial charge in [0.05, 0.1) is 17.0 Å². The van der Waals surface area contributed by atoms with Crippen molar-refractivity contribution in [3.8, 4) is 0 Å². The van der Waals surface area contributed by atoms with E-state index in [-0.39, 0.29) is 17.0 Å². The van der Waals surface area contributed by atoms with Crippen LogP contribution in [0.3, 0.4) is 0 Å². The van der Waals surface area contributed by atoms with Crippen molar-refractivity contribution < 1.29 is 17.4 Å². The van der Waals surface area contributed by atoms with Gasteiger partial charge in [-0.3, -0.25) is 9.29 Å². The molecule has 4 rings (SSSR count). The van der Waals surface area contributed by atoms with E-state index in [2.05, 4.69) is 14.9 Å². The summed E-state index contributed by atoms with van der Waals surface area (Å²) in [5, 5.41) is 3.83. The van der Waals surface area contributed by atoms with Crippen LogP contribution in [-0.4, -0.2) is 23.1 Å². The topological polar surface area (TPSA) is 120 Å². The number of anilines is 1. The van der Waals surface area contributed by atoms with E-state index in [9.17, 15) is 13.2 Å². The number of aryl methyl sites for hydroxylation is 2. The van der Waals surface area contributed by atoms with Crippen molar-refractivity contribution in [2.24, 2.45) is 0 Å².